The molecule has 4 atom stereocenters. The SMILES string of the molecule is COCCNC(=O)C[C@@H]1CC[C@@H]2[C@H](COC[C@@H](O)CN2C(=O)Nc2ccc3c(c2)OCO3)O1. The molecule has 0 spiro atoms. The largest absolute Gasteiger partial charge is 0.454 e. The first kappa shape index (κ1) is 23.6. The second-order valence-corrected chi connectivity index (χ2v) is 8.33. The third kappa shape index (κ3) is 6.05. The van der Waals surface area contributed by atoms with Crippen LogP contribution in [0.2, 0.25) is 0 Å². The van der Waals surface area contributed by atoms with Gasteiger partial charge in [-0.25, -0.2) is 4.79 Å². The maximum atomic E-state index is 13.2. The molecule has 3 heterocycles. The average Bonchev–Trinajstić information content (AvgIpc) is 3.25. The fraction of sp³-hybridized carbons (Fsp3) is 0.636. The van der Waals surface area contributed by atoms with Crippen LogP contribution in [0.3, 0.4) is 0 Å². The number of amides is 3. The summed E-state index contributed by atoms with van der Waals surface area (Å²) in [7, 11) is 1.58. The molecule has 0 bridgehead atoms. The standard InChI is InChI=1S/C22H31N3O8/c1-29-7-6-23-21(27)9-16-3-4-17-20(33-16)12-30-11-15(26)10-25(17)22(28)24-14-2-5-18-19(8-14)32-13-31-18/h2,5,8,15-17,20,26H,3-4,6-7,9-13H2,1H3,(H,23,27)(H,24,28)/t15-,16-,17+,20-/m0/s1. The summed E-state index contributed by atoms with van der Waals surface area (Å²) in [6.45, 7) is 1.50. The number of urea groups is 1. The average molecular weight is 466 g/mol. The fourth-order valence-corrected chi connectivity index (χ4v) is 4.32. The van der Waals surface area contributed by atoms with Gasteiger partial charge in [-0.3, -0.25) is 4.79 Å². The van der Waals surface area contributed by atoms with E-state index in [4.69, 9.17) is 23.7 Å². The van der Waals surface area contributed by atoms with E-state index < -0.39 is 12.2 Å². The van der Waals surface area contributed by atoms with E-state index in [0.29, 0.717) is 43.2 Å². The van der Waals surface area contributed by atoms with Crippen LogP contribution in [0.15, 0.2) is 18.2 Å². The van der Waals surface area contributed by atoms with Gasteiger partial charge in [-0.05, 0) is 25.0 Å². The van der Waals surface area contributed by atoms with E-state index in [1.807, 2.05) is 0 Å². The Kier molecular flexibility index (Phi) is 7.86. The molecule has 1 aromatic rings. The number of carbonyl (C=O) groups excluding carboxylic acids is 2. The number of fused-ring (bicyclic) bond motifs is 2. The molecule has 4 rings (SSSR count). The molecular formula is C22H31N3O8. The third-order valence-corrected chi connectivity index (χ3v) is 5.91. The number of nitrogens with zero attached hydrogens (tertiary/aromatic N) is 1. The minimum atomic E-state index is -0.808. The predicted molar refractivity (Wildman–Crippen MR) is 116 cm³/mol. The van der Waals surface area contributed by atoms with E-state index in [1.54, 1.807) is 30.2 Å². The molecule has 0 radical (unpaired) electrons. The predicted octanol–water partition coefficient (Wildman–Crippen LogP) is 0.709. The highest BCUT2D eigenvalue weighted by molar-refractivity contribution is 5.90. The lowest BCUT2D eigenvalue weighted by atomic mass is 9.95. The maximum Gasteiger partial charge on any atom is 0.322 e. The van der Waals surface area contributed by atoms with Crippen LogP contribution >= 0.6 is 0 Å². The van der Waals surface area contributed by atoms with Gasteiger partial charge in [-0.15, -0.1) is 0 Å². The molecule has 0 aliphatic carbocycles. The van der Waals surface area contributed by atoms with Crippen LogP contribution in [0.25, 0.3) is 0 Å². The molecule has 0 saturated carbocycles. The first-order valence-corrected chi connectivity index (χ1v) is 11.2. The molecule has 3 amide bonds. The molecule has 3 aliphatic heterocycles. The number of β-amino-alcohol motifs (C(OH)–C–C–N with tert-alkyl or cyclic N) is 1. The third-order valence-electron chi connectivity index (χ3n) is 5.91. The van der Waals surface area contributed by atoms with Gasteiger partial charge in [-0.2, -0.15) is 0 Å². The quantitative estimate of drug-likeness (QED) is 0.524. The van der Waals surface area contributed by atoms with Gasteiger partial charge in [0.25, 0.3) is 0 Å². The van der Waals surface area contributed by atoms with E-state index >= 15 is 0 Å². The van der Waals surface area contributed by atoms with Crippen molar-refractivity contribution in [1.29, 1.82) is 0 Å². The van der Waals surface area contributed by atoms with Gasteiger partial charge in [-0.1, -0.05) is 0 Å². The zero-order valence-corrected chi connectivity index (χ0v) is 18.7. The van der Waals surface area contributed by atoms with Gasteiger partial charge in [0.1, 0.15) is 6.10 Å². The van der Waals surface area contributed by atoms with Crippen LogP contribution in [0.4, 0.5) is 10.5 Å². The monoisotopic (exact) mass is 465 g/mol. The lowest BCUT2D eigenvalue weighted by Gasteiger charge is -2.44. The smallest absolute Gasteiger partial charge is 0.322 e. The summed E-state index contributed by atoms with van der Waals surface area (Å²) in [5.74, 6) is 1.10. The fourth-order valence-electron chi connectivity index (χ4n) is 4.32. The minimum absolute atomic E-state index is 0.0998. The highest BCUT2D eigenvalue weighted by Gasteiger charge is 2.40. The Bertz CT molecular complexity index is 838. The first-order chi connectivity index (χ1) is 16.0. The van der Waals surface area contributed by atoms with Crippen molar-refractivity contribution in [2.45, 2.75) is 43.6 Å². The second-order valence-electron chi connectivity index (χ2n) is 8.33. The Morgan fingerprint density at radius 2 is 2.06 bits per heavy atom. The maximum absolute atomic E-state index is 13.2. The molecule has 11 heteroatoms. The molecule has 0 unspecified atom stereocenters. The Hall–Kier alpha value is -2.60. The Labute approximate surface area is 192 Å². The van der Waals surface area contributed by atoms with Gasteiger partial charge in [0.05, 0.1) is 51.0 Å². The number of benzene rings is 1. The van der Waals surface area contributed by atoms with Gasteiger partial charge in [0.2, 0.25) is 12.7 Å². The Morgan fingerprint density at radius 1 is 1.21 bits per heavy atom. The lowest BCUT2D eigenvalue weighted by molar-refractivity contribution is -0.149. The summed E-state index contributed by atoms with van der Waals surface area (Å²) in [6, 6.07) is 4.55. The molecule has 182 valence electrons. The minimum Gasteiger partial charge on any atom is -0.454 e. The summed E-state index contributed by atoms with van der Waals surface area (Å²) in [5.41, 5.74) is 0.566. The number of aliphatic hydroxyl groups excluding tert-OH is 1. The van der Waals surface area contributed by atoms with E-state index in [9.17, 15) is 14.7 Å². The topological polar surface area (TPSA) is 128 Å². The number of nitrogens with one attached hydrogen (secondary N) is 2. The van der Waals surface area contributed by atoms with Crippen molar-refractivity contribution in [3.05, 3.63) is 18.2 Å². The number of anilines is 1. The molecule has 33 heavy (non-hydrogen) atoms. The highest BCUT2D eigenvalue weighted by atomic mass is 16.7. The molecule has 2 fully saturated rings. The highest BCUT2D eigenvalue weighted by Crippen LogP contribution is 2.34. The van der Waals surface area contributed by atoms with Crippen LogP contribution in [0.5, 0.6) is 11.5 Å². The number of carbonyl (C=O) groups is 2. The first-order valence-electron chi connectivity index (χ1n) is 11.2. The van der Waals surface area contributed by atoms with Crippen LogP contribution in [-0.2, 0) is 19.0 Å². The molecule has 1 aromatic carbocycles. The molecule has 3 aliphatic rings. The van der Waals surface area contributed by atoms with Crippen LogP contribution in [0.1, 0.15) is 19.3 Å². The lowest BCUT2D eigenvalue weighted by Crippen LogP contribution is -2.58. The molecule has 2 saturated heterocycles. The molecule has 0 aromatic heterocycles. The summed E-state index contributed by atoms with van der Waals surface area (Å²) in [6.07, 6.45) is 0.0105. The van der Waals surface area contributed by atoms with E-state index in [-0.39, 0.29) is 57.1 Å². The normalized spacial score (nSPS) is 26.7. The van der Waals surface area contributed by atoms with Crippen LogP contribution in [-0.4, -0.2) is 93.1 Å². The van der Waals surface area contributed by atoms with Crippen molar-refractivity contribution in [2.24, 2.45) is 0 Å². The molecular weight excluding hydrogens is 434 g/mol. The number of ether oxygens (including phenoxy) is 5. The van der Waals surface area contributed by atoms with Gasteiger partial charge >= 0.3 is 6.03 Å². The summed E-state index contributed by atoms with van der Waals surface area (Å²) in [5, 5.41) is 16.0. The Morgan fingerprint density at radius 3 is 2.91 bits per heavy atom. The van der Waals surface area contributed by atoms with Crippen molar-refractivity contribution in [3.63, 3.8) is 0 Å². The summed E-state index contributed by atoms with van der Waals surface area (Å²) >= 11 is 0. The Balaban J connectivity index is 1.39. The number of hydrogen-bond acceptors (Lipinski definition) is 8. The number of aliphatic hydroxyl groups is 1. The number of hydrogen-bond donors (Lipinski definition) is 3. The number of methoxy groups -OCH3 is 1. The van der Waals surface area contributed by atoms with Gasteiger partial charge < -0.3 is 44.3 Å². The van der Waals surface area contributed by atoms with Crippen molar-refractivity contribution < 1.29 is 38.4 Å². The van der Waals surface area contributed by atoms with Crippen LogP contribution < -0.4 is 20.1 Å². The van der Waals surface area contributed by atoms with Gasteiger partial charge in [0, 0.05) is 25.4 Å². The summed E-state index contributed by atoms with van der Waals surface area (Å²) < 4.78 is 27.4. The van der Waals surface area contributed by atoms with Crippen molar-refractivity contribution >= 4 is 17.6 Å². The van der Waals surface area contributed by atoms with E-state index in [2.05, 4.69) is 10.6 Å². The van der Waals surface area contributed by atoms with Crippen molar-refractivity contribution in [2.75, 3.05) is 52.1 Å². The van der Waals surface area contributed by atoms with Crippen LogP contribution in [0, 0.1) is 0 Å². The zero-order valence-electron chi connectivity index (χ0n) is 18.7. The van der Waals surface area contributed by atoms with Crippen molar-refractivity contribution in [3.8, 4) is 11.5 Å². The van der Waals surface area contributed by atoms with Gasteiger partial charge in [0.15, 0.2) is 11.5 Å². The summed E-state index contributed by atoms with van der Waals surface area (Å²) in [4.78, 5) is 27.0. The molecule has 3 N–H and O–H groups in total. The van der Waals surface area contributed by atoms with E-state index in [1.165, 1.54) is 0 Å². The molecule has 11 nitrogen and oxygen atoms in total. The van der Waals surface area contributed by atoms with Crippen molar-refractivity contribution in [1.82, 2.24) is 10.2 Å². The second kappa shape index (κ2) is 11.0. The number of rotatable bonds is 6. The zero-order chi connectivity index (χ0) is 23.2. The van der Waals surface area contributed by atoms with E-state index in [0.717, 1.165) is 0 Å².